The maximum absolute atomic E-state index is 11.6. The molecule has 0 saturated carbocycles. The van der Waals surface area contributed by atoms with Gasteiger partial charge in [-0.25, -0.2) is 4.98 Å². The van der Waals surface area contributed by atoms with Gasteiger partial charge in [0.05, 0.1) is 5.52 Å². The first-order valence-electron chi connectivity index (χ1n) is 11.0. The molecule has 1 aliphatic rings. The van der Waals surface area contributed by atoms with Crippen LogP contribution in [0.1, 0.15) is 0 Å². The summed E-state index contributed by atoms with van der Waals surface area (Å²) in [6.45, 7) is 7.49. The van der Waals surface area contributed by atoms with E-state index in [2.05, 4.69) is 49.5 Å². The van der Waals surface area contributed by atoms with Crippen molar-refractivity contribution in [2.24, 2.45) is 0 Å². The predicted molar refractivity (Wildman–Crippen MR) is 138 cm³/mol. The van der Waals surface area contributed by atoms with Crippen LogP contribution in [-0.2, 0) is 4.79 Å². The maximum Gasteiger partial charge on any atom is 0.247 e. The summed E-state index contributed by atoms with van der Waals surface area (Å²) in [7, 11) is 0. The number of fused-ring (bicyclic) bond motifs is 1. The minimum atomic E-state index is -0.283. The molecule has 1 saturated heterocycles. The molecule has 172 valence electrons. The van der Waals surface area contributed by atoms with E-state index in [0.717, 1.165) is 42.1 Å². The van der Waals surface area contributed by atoms with Crippen LogP contribution < -0.4 is 25.6 Å². The minimum absolute atomic E-state index is 0.283. The molecular formula is C25H24N6O2S. The SMILES string of the molecule is C=CC(=O)Nc1cccc(Oc2nc(Nc3ccc(N4CCNCC4)cc3)nc3ccsc23)c1. The van der Waals surface area contributed by atoms with E-state index in [9.17, 15) is 4.79 Å². The summed E-state index contributed by atoms with van der Waals surface area (Å²) in [5, 5.41) is 11.4. The Labute approximate surface area is 201 Å². The number of rotatable bonds is 7. The molecule has 4 aromatic rings. The number of nitrogens with zero attached hydrogens (tertiary/aromatic N) is 3. The second-order valence-electron chi connectivity index (χ2n) is 7.72. The van der Waals surface area contributed by atoms with Crippen molar-refractivity contribution in [2.75, 3.05) is 41.7 Å². The zero-order valence-corrected chi connectivity index (χ0v) is 19.3. The van der Waals surface area contributed by atoms with Gasteiger partial charge in [0.15, 0.2) is 0 Å². The molecule has 2 aromatic heterocycles. The number of anilines is 4. The smallest absolute Gasteiger partial charge is 0.247 e. The third kappa shape index (κ3) is 5.00. The van der Waals surface area contributed by atoms with Crippen LogP contribution in [0.15, 0.2) is 72.6 Å². The lowest BCUT2D eigenvalue weighted by atomic mass is 10.2. The van der Waals surface area contributed by atoms with Gasteiger partial charge in [-0.1, -0.05) is 12.6 Å². The van der Waals surface area contributed by atoms with Crippen LogP contribution in [0.3, 0.4) is 0 Å². The number of nitrogens with one attached hydrogen (secondary N) is 3. The summed E-state index contributed by atoms with van der Waals surface area (Å²) in [5.41, 5.74) is 3.51. The minimum Gasteiger partial charge on any atom is -0.437 e. The molecular weight excluding hydrogens is 448 g/mol. The molecule has 3 N–H and O–H groups in total. The molecule has 3 heterocycles. The van der Waals surface area contributed by atoms with Crippen molar-refractivity contribution in [3.63, 3.8) is 0 Å². The molecule has 8 nitrogen and oxygen atoms in total. The number of thiophene rings is 1. The number of carbonyl (C=O) groups is 1. The Morgan fingerprint density at radius 2 is 1.91 bits per heavy atom. The van der Waals surface area contributed by atoms with Crippen molar-refractivity contribution in [1.82, 2.24) is 15.3 Å². The van der Waals surface area contributed by atoms with Gasteiger partial charge in [-0.3, -0.25) is 4.79 Å². The fourth-order valence-electron chi connectivity index (χ4n) is 3.71. The van der Waals surface area contributed by atoms with Crippen LogP contribution in [0.2, 0.25) is 0 Å². The highest BCUT2D eigenvalue weighted by molar-refractivity contribution is 7.17. The summed E-state index contributed by atoms with van der Waals surface area (Å²) in [4.78, 5) is 23.2. The Balaban J connectivity index is 1.36. The normalized spacial score (nSPS) is 13.5. The Kier molecular flexibility index (Phi) is 6.37. The van der Waals surface area contributed by atoms with E-state index in [1.54, 1.807) is 18.2 Å². The Hall–Kier alpha value is -3.95. The number of hydrogen-bond acceptors (Lipinski definition) is 8. The first kappa shape index (κ1) is 21.9. The van der Waals surface area contributed by atoms with E-state index < -0.39 is 0 Å². The average Bonchev–Trinajstić information content (AvgIpc) is 3.34. The second kappa shape index (κ2) is 9.90. The van der Waals surface area contributed by atoms with E-state index in [1.807, 2.05) is 29.6 Å². The summed E-state index contributed by atoms with van der Waals surface area (Å²) in [5.74, 6) is 1.18. The van der Waals surface area contributed by atoms with Crippen molar-refractivity contribution in [3.8, 4) is 11.6 Å². The number of carbonyl (C=O) groups excluding carboxylic acids is 1. The fourth-order valence-corrected chi connectivity index (χ4v) is 4.47. The highest BCUT2D eigenvalue weighted by Crippen LogP contribution is 2.34. The number of amides is 1. The summed E-state index contributed by atoms with van der Waals surface area (Å²) in [6, 6.07) is 17.4. The zero-order chi connectivity index (χ0) is 23.3. The van der Waals surface area contributed by atoms with Crippen LogP contribution in [0.4, 0.5) is 23.0 Å². The standard InChI is InChI=1S/C25H24N6O2S/c1-2-22(32)27-18-4-3-5-20(16-18)33-24-23-21(10-15-34-23)29-25(30-24)28-17-6-8-19(9-7-17)31-13-11-26-12-14-31/h2-10,15-16,26H,1,11-14H2,(H,27,32)(H,28,29,30). The Morgan fingerprint density at radius 3 is 2.71 bits per heavy atom. The summed E-state index contributed by atoms with van der Waals surface area (Å²) < 4.78 is 6.96. The molecule has 0 aliphatic carbocycles. The molecule has 34 heavy (non-hydrogen) atoms. The van der Waals surface area contributed by atoms with Crippen LogP contribution >= 0.6 is 11.3 Å². The van der Waals surface area contributed by atoms with E-state index in [1.165, 1.54) is 23.1 Å². The van der Waals surface area contributed by atoms with E-state index in [4.69, 9.17) is 4.74 Å². The lowest BCUT2D eigenvalue weighted by Crippen LogP contribution is -2.43. The van der Waals surface area contributed by atoms with Gasteiger partial charge in [0.2, 0.25) is 17.7 Å². The van der Waals surface area contributed by atoms with Crippen LogP contribution in [0, 0.1) is 0 Å². The summed E-state index contributed by atoms with van der Waals surface area (Å²) >= 11 is 1.51. The van der Waals surface area contributed by atoms with Gasteiger partial charge in [-0.2, -0.15) is 4.98 Å². The monoisotopic (exact) mass is 472 g/mol. The van der Waals surface area contributed by atoms with Crippen LogP contribution in [0.25, 0.3) is 10.2 Å². The number of hydrogen-bond donors (Lipinski definition) is 3. The Bertz CT molecular complexity index is 1310. The van der Waals surface area contributed by atoms with Crippen molar-refractivity contribution < 1.29 is 9.53 Å². The number of piperazine rings is 1. The molecule has 0 unspecified atom stereocenters. The average molecular weight is 473 g/mol. The molecule has 0 bridgehead atoms. The summed E-state index contributed by atoms with van der Waals surface area (Å²) in [6.07, 6.45) is 1.22. The van der Waals surface area contributed by atoms with Crippen molar-refractivity contribution in [3.05, 3.63) is 72.6 Å². The van der Waals surface area contributed by atoms with Gasteiger partial charge in [0.1, 0.15) is 10.4 Å². The van der Waals surface area contributed by atoms with Crippen molar-refractivity contribution >= 4 is 50.5 Å². The van der Waals surface area contributed by atoms with Crippen LogP contribution in [-0.4, -0.2) is 42.1 Å². The fraction of sp³-hybridized carbons (Fsp3) is 0.160. The van der Waals surface area contributed by atoms with Gasteiger partial charge >= 0.3 is 0 Å². The quantitative estimate of drug-likeness (QED) is 0.334. The van der Waals surface area contributed by atoms with Gasteiger partial charge in [-0.05, 0) is 53.9 Å². The van der Waals surface area contributed by atoms with Crippen molar-refractivity contribution in [1.29, 1.82) is 0 Å². The largest absolute Gasteiger partial charge is 0.437 e. The highest BCUT2D eigenvalue weighted by atomic mass is 32.1. The molecule has 5 rings (SSSR count). The van der Waals surface area contributed by atoms with E-state index in [0.29, 0.717) is 23.3 Å². The highest BCUT2D eigenvalue weighted by Gasteiger charge is 2.13. The second-order valence-corrected chi connectivity index (χ2v) is 8.64. The maximum atomic E-state index is 11.6. The Morgan fingerprint density at radius 1 is 1.09 bits per heavy atom. The number of benzene rings is 2. The van der Waals surface area contributed by atoms with Gasteiger partial charge in [0.25, 0.3) is 0 Å². The molecule has 1 fully saturated rings. The molecule has 2 aromatic carbocycles. The molecule has 9 heteroatoms. The lowest BCUT2D eigenvalue weighted by molar-refractivity contribution is -0.111. The molecule has 0 spiro atoms. The van der Waals surface area contributed by atoms with E-state index >= 15 is 0 Å². The van der Waals surface area contributed by atoms with Gasteiger partial charge < -0.3 is 25.6 Å². The van der Waals surface area contributed by atoms with Crippen molar-refractivity contribution in [2.45, 2.75) is 0 Å². The van der Waals surface area contributed by atoms with Gasteiger partial charge in [0, 0.05) is 49.3 Å². The van der Waals surface area contributed by atoms with E-state index in [-0.39, 0.29) is 5.91 Å². The third-order valence-electron chi connectivity index (χ3n) is 5.38. The first-order valence-corrected chi connectivity index (χ1v) is 11.9. The molecule has 0 atom stereocenters. The number of ether oxygens (including phenoxy) is 1. The van der Waals surface area contributed by atoms with Crippen LogP contribution in [0.5, 0.6) is 11.6 Å². The lowest BCUT2D eigenvalue weighted by Gasteiger charge is -2.29. The zero-order valence-electron chi connectivity index (χ0n) is 18.5. The number of aromatic nitrogens is 2. The topological polar surface area (TPSA) is 91.4 Å². The molecule has 1 aliphatic heterocycles. The first-order chi connectivity index (χ1) is 16.7. The molecule has 0 radical (unpaired) electrons. The van der Waals surface area contributed by atoms with Gasteiger partial charge in [-0.15, -0.1) is 11.3 Å². The third-order valence-corrected chi connectivity index (χ3v) is 6.27. The molecule has 1 amide bonds. The predicted octanol–water partition coefficient (Wildman–Crippen LogP) is 4.76.